The van der Waals surface area contributed by atoms with Crippen molar-refractivity contribution in [3.8, 4) is 5.75 Å². The Hall–Kier alpha value is -0.980. The molecule has 0 aliphatic carbocycles. The van der Waals surface area contributed by atoms with Crippen LogP contribution in [0.1, 0.15) is 32.3 Å². The summed E-state index contributed by atoms with van der Waals surface area (Å²) in [4.78, 5) is 0. The van der Waals surface area contributed by atoms with E-state index in [1.54, 1.807) is 0 Å². The molecule has 0 atom stereocenters. The highest BCUT2D eigenvalue weighted by molar-refractivity contribution is 5.27. The first-order chi connectivity index (χ1) is 6.36. The third-order valence-electron chi connectivity index (χ3n) is 1.93. The fraction of sp³-hybridized carbons (Fsp3) is 0.500. The van der Waals surface area contributed by atoms with Crippen LogP contribution in [-0.2, 0) is 6.42 Å². The van der Waals surface area contributed by atoms with Crippen molar-refractivity contribution in [3.63, 3.8) is 0 Å². The molecule has 0 unspecified atom stereocenters. The first-order valence-electron chi connectivity index (χ1n) is 5.08. The standard InChI is InChI=1S/C12H18O/c1-3-5-11-6-8-12(9-7-11)13-10-4-2/h6-9H,3-5,10H2,1-2H3. The minimum atomic E-state index is 0.813. The Balaban J connectivity index is 2.48. The van der Waals surface area contributed by atoms with E-state index in [9.17, 15) is 0 Å². The molecule has 13 heavy (non-hydrogen) atoms. The van der Waals surface area contributed by atoms with Crippen LogP contribution in [-0.4, -0.2) is 6.61 Å². The molecule has 0 radical (unpaired) electrons. The summed E-state index contributed by atoms with van der Waals surface area (Å²) in [6, 6.07) is 8.41. The summed E-state index contributed by atoms with van der Waals surface area (Å²) in [6.07, 6.45) is 3.43. The lowest BCUT2D eigenvalue weighted by molar-refractivity contribution is 0.317. The van der Waals surface area contributed by atoms with Crippen LogP contribution < -0.4 is 4.74 Å². The van der Waals surface area contributed by atoms with Crippen molar-refractivity contribution < 1.29 is 4.74 Å². The summed E-state index contributed by atoms with van der Waals surface area (Å²) in [6.45, 7) is 5.13. The summed E-state index contributed by atoms with van der Waals surface area (Å²) in [5.74, 6) is 0.988. The zero-order valence-corrected chi connectivity index (χ0v) is 8.55. The van der Waals surface area contributed by atoms with E-state index in [1.165, 1.54) is 12.0 Å². The molecule has 1 aromatic rings. The number of rotatable bonds is 5. The van der Waals surface area contributed by atoms with Gasteiger partial charge in [0.2, 0.25) is 0 Å². The maximum atomic E-state index is 5.49. The number of ether oxygens (including phenoxy) is 1. The van der Waals surface area contributed by atoms with Gasteiger partial charge in [-0.3, -0.25) is 0 Å². The molecule has 0 bridgehead atoms. The minimum Gasteiger partial charge on any atom is -0.494 e. The van der Waals surface area contributed by atoms with E-state index in [1.807, 2.05) is 0 Å². The Morgan fingerprint density at radius 2 is 1.69 bits per heavy atom. The second-order valence-electron chi connectivity index (χ2n) is 3.24. The molecule has 0 spiro atoms. The maximum absolute atomic E-state index is 5.49. The van der Waals surface area contributed by atoms with Gasteiger partial charge in [-0.25, -0.2) is 0 Å². The van der Waals surface area contributed by atoms with Gasteiger partial charge in [0.05, 0.1) is 6.61 Å². The summed E-state index contributed by atoms with van der Waals surface area (Å²) < 4.78 is 5.49. The lowest BCUT2D eigenvalue weighted by atomic mass is 10.1. The normalized spacial score (nSPS) is 10.0. The second kappa shape index (κ2) is 5.63. The highest BCUT2D eigenvalue weighted by Crippen LogP contribution is 2.13. The lowest BCUT2D eigenvalue weighted by Gasteiger charge is -2.04. The Kier molecular flexibility index (Phi) is 4.37. The summed E-state index contributed by atoms with van der Waals surface area (Å²) in [5, 5.41) is 0. The molecule has 1 rings (SSSR count). The van der Waals surface area contributed by atoms with Crippen LogP contribution in [0.3, 0.4) is 0 Å². The molecule has 0 saturated heterocycles. The van der Waals surface area contributed by atoms with Crippen LogP contribution in [0.15, 0.2) is 24.3 Å². The third-order valence-corrected chi connectivity index (χ3v) is 1.93. The average Bonchev–Trinajstić information content (AvgIpc) is 2.17. The number of aryl methyl sites for hydroxylation is 1. The SMILES string of the molecule is CCCOc1ccc(CCC)cc1. The Bertz CT molecular complexity index is 225. The van der Waals surface area contributed by atoms with Gasteiger partial charge in [-0.05, 0) is 30.5 Å². The first kappa shape index (κ1) is 10.1. The fourth-order valence-corrected chi connectivity index (χ4v) is 1.26. The summed E-state index contributed by atoms with van der Waals surface area (Å²) in [5.41, 5.74) is 1.39. The van der Waals surface area contributed by atoms with Crippen LogP contribution in [0.4, 0.5) is 0 Å². The van der Waals surface area contributed by atoms with Crippen LogP contribution >= 0.6 is 0 Å². The maximum Gasteiger partial charge on any atom is 0.119 e. The number of hydrogen-bond acceptors (Lipinski definition) is 1. The van der Waals surface area contributed by atoms with Crippen LogP contribution in [0.2, 0.25) is 0 Å². The van der Waals surface area contributed by atoms with E-state index in [4.69, 9.17) is 4.74 Å². The van der Waals surface area contributed by atoms with Crippen molar-refractivity contribution in [1.29, 1.82) is 0 Å². The second-order valence-corrected chi connectivity index (χ2v) is 3.24. The predicted octanol–water partition coefficient (Wildman–Crippen LogP) is 3.43. The molecule has 0 fully saturated rings. The molecule has 72 valence electrons. The smallest absolute Gasteiger partial charge is 0.119 e. The van der Waals surface area contributed by atoms with E-state index in [0.717, 1.165) is 25.2 Å². The molecule has 0 N–H and O–H groups in total. The molecule has 0 aliphatic heterocycles. The Labute approximate surface area is 80.7 Å². The van der Waals surface area contributed by atoms with Crippen LogP contribution in [0, 0.1) is 0 Å². The van der Waals surface area contributed by atoms with Gasteiger partial charge < -0.3 is 4.74 Å². The van der Waals surface area contributed by atoms with Crippen molar-refractivity contribution in [1.82, 2.24) is 0 Å². The lowest BCUT2D eigenvalue weighted by Crippen LogP contribution is -1.94. The van der Waals surface area contributed by atoms with Gasteiger partial charge in [-0.15, -0.1) is 0 Å². The molecule has 0 aromatic heterocycles. The summed E-state index contributed by atoms with van der Waals surface area (Å²) >= 11 is 0. The summed E-state index contributed by atoms with van der Waals surface area (Å²) in [7, 11) is 0. The largest absolute Gasteiger partial charge is 0.494 e. The van der Waals surface area contributed by atoms with Gasteiger partial charge >= 0.3 is 0 Å². The van der Waals surface area contributed by atoms with Crippen LogP contribution in [0.5, 0.6) is 5.75 Å². The molecular weight excluding hydrogens is 160 g/mol. The Morgan fingerprint density at radius 1 is 1.00 bits per heavy atom. The van der Waals surface area contributed by atoms with Gasteiger partial charge in [0.1, 0.15) is 5.75 Å². The molecule has 0 heterocycles. The molecule has 1 heteroatoms. The number of hydrogen-bond donors (Lipinski definition) is 0. The molecule has 1 aromatic carbocycles. The van der Waals surface area contributed by atoms with E-state index in [2.05, 4.69) is 38.1 Å². The van der Waals surface area contributed by atoms with Crippen molar-refractivity contribution in [2.75, 3.05) is 6.61 Å². The van der Waals surface area contributed by atoms with E-state index in [0.29, 0.717) is 0 Å². The average molecular weight is 178 g/mol. The minimum absolute atomic E-state index is 0.813. The highest BCUT2D eigenvalue weighted by Gasteiger charge is 1.93. The monoisotopic (exact) mass is 178 g/mol. The highest BCUT2D eigenvalue weighted by atomic mass is 16.5. The molecule has 0 saturated carbocycles. The van der Waals surface area contributed by atoms with Crippen molar-refractivity contribution in [2.24, 2.45) is 0 Å². The van der Waals surface area contributed by atoms with Crippen molar-refractivity contribution in [3.05, 3.63) is 29.8 Å². The van der Waals surface area contributed by atoms with Gasteiger partial charge in [-0.2, -0.15) is 0 Å². The van der Waals surface area contributed by atoms with E-state index >= 15 is 0 Å². The predicted molar refractivity (Wildman–Crippen MR) is 56.2 cm³/mol. The molecule has 0 aliphatic rings. The topological polar surface area (TPSA) is 9.23 Å². The van der Waals surface area contributed by atoms with Gasteiger partial charge in [0, 0.05) is 0 Å². The van der Waals surface area contributed by atoms with E-state index in [-0.39, 0.29) is 0 Å². The quantitative estimate of drug-likeness (QED) is 0.671. The van der Waals surface area contributed by atoms with Gasteiger partial charge in [0.15, 0.2) is 0 Å². The zero-order valence-electron chi connectivity index (χ0n) is 8.55. The Morgan fingerprint density at radius 3 is 2.23 bits per heavy atom. The van der Waals surface area contributed by atoms with Crippen molar-refractivity contribution in [2.45, 2.75) is 33.1 Å². The fourth-order valence-electron chi connectivity index (χ4n) is 1.26. The van der Waals surface area contributed by atoms with Gasteiger partial charge in [0.25, 0.3) is 0 Å². The van der Waals surface area contributed by atoms with Crippen molar-refractivity contribution >= 4 is 0 Å². The molecular formula is C12H18O. The van der Waals surface area contributed by atoms with E-state index < -0.39 is 0 Å². The molecule has 0 amide bonds. The van der Waals surface area contributed by atoms with Crippen LogP contribution in [0.25, 0.3) is 0 Å². The van der Waals surface area contributed by atoms with Gasteiger partial charge in [-0.1, -0.05) is 32.4 Å². The zero-order chi connectivity index (χ0) is 9.52. The number of benzene rings is 1. The molecule has 1 nitrogen and oxygen atoms in total. The first-order valence-corrected chi connectivity index (χ1v) is 5.08. The third kappa shape index (κ3) is 3.49.